The maximum Gasteiger partial charge on any atom is 0.390 e. The molecule has 1 aromatic carbocycles. The van der Waals surface area contributed by atoms with E-state index in [9.17, 15) is 14.4 Å². The van der Waals surface area contributed by atoms with E-state index in [-0.39, 0.29) is 29.0 Å². The van der Waals surface area contributed by atoms with Gasteiger partial charge in [0.05, 0.1) is 11.5 Å². The van der Waals surface area contributed by atoms with Gasteiger partial charge in [-0.05, 0) is 116 Å². The fourth-order valence-corrected chi connectivity index (χ4v) is 5.28. The molecule has 0 fully saturated rings. The molecule has 2 rings (SSSR count). The summed E-state index contributed by atoms with van der Waals surface area (Å²) >= 11 is 1.60. The average Bonchev–Trinajstić information content (AvgIpc) is 2.85. The van der Waals surface area contributed by atoms with Crippen LogP contribution >= 0.6 is 11.8 Å². The Balaban J connectivity index is 2.14. The summed E-state index contributed by atoms with van der Waals surface area (Å²) in [4.78, 5) is 46.8. The highest BCUT2D eigenvalue weighted by Gasteiger charge is 2.27. The Kier molecular flexibility index (Phi) is 12.2. The second-order valence-corrected chi connectivity index (χ2v) is 13.0. The van der Waals surface area contributed by atoms with Gasteiger partial charge in [-0.15, -0.1) is 11.8 Å². The Morgan fingerprint density at radius 2 is 1.82 bits per heavy atom. The maximum absolute atomic E-state index is 13.2. The van der Waals surface area contributed by atoms with Crippen molar-refractivity contribution in [1.82, 2.24) is 10.6 Å². The van der Waals surface area contributed by atoms with Crippen LogP contribution in [-0.4, -0.2) is 40.9 Å². The van der Waals surface area contributed by atoms with Crippen molar-refractivity contribution in [3.8, 4) is 6.57 Å². The first-order valence-corrected chi connectivity index (χ1v) is 14.7. The second-order valence-electron chi connectivity index (χ2n) is 11.9. The van der Waals surface area contributed by atoms with Crippen LogP contribution < -0.4 is 16.0 Å². The number of nitrogens with one attached hydrogen (secondary N) is 3. The second kappa shape index (κ2) is 14.8. The van der Waals surface area contributed by atoms with Gasteiger partial charge in [0.25, 0.3) is 11.8 Å². The van der Waals surface area contributed by atoms with Crippen LogP contribution in [0.15, 0.2) is 51.5 Å². The van der Waals surface area contributed by atoms with E-state index in [0.29, 0.717) is 11.3 Å². The summed E-state index contributed by atoms with van der Waals surface area (Å²) in [5.74, 6) is 0.168. The molecule has 0 heterocycles. The van der Waals surface area contributed by atoms with Gasteiger partial charge in [0.15, 0.2) is 0 Å². The number of rotatable bonds is 10. The van der Waals surface area contributed by atoms with E-state index < -0.39 is 11.4 Å². The van der Waals surface area contributed by atoms with E-state index in [0.717, 1.165) is 49.1 Å². The predicted molar refractivity (Wildman–Crippen MR) is 166 cm³/mol. The fourth-order valence-electron chi connectivity index (χ4n) is 4.30. The van der Waals surface area contributed by atoms with Gasteiger partial charge in [-0.2, -0.15) is 4.85 Å². The number of hydrogen-bond acceptors (Lipinski definition) is 5. The van der Waals surface area contributed by atoms with Crippen molar-refractivity contribution in [2.45, 2.75) is 96.5 Å². The smallest absolute Gasteiger partial charge is 0.351 e. The lowest BCUT2D eigenvalue weighted by molar-refractivity contribution is -0.125. The highest BCUT2D eigenvalue weighted by molar-refractivity contribution is 7.99. The molecule has 8 nitrogen and oxygen atoms in total. The van der Waals surface area contributed by atoms with E-state index in [1.807, 2.05) is 47.6 Å². The van der Waals surface area contributed by atoms with Gasteiger partial charge in [0.1, 0.15) is 6.57 Å². The van der Waals surface area contributed by atoms with Crippen LogP contribution in [0.1, 0.15) is 90.9 Å². The number of aliphatic imine (C=N–C) groups is 1. The van der Waals surface area contributed by atoms with Crippen molar-refractivity contribution < 1.29 is 14.4 Å². The first-order chi connectivity index (χ1) is 18.7. The van der Waals surface area contributed by atoms with Gasteiger partial charge in [-0.3, -0.25) is 14.4 Å². The standard InChI is InChI=1S/C31H43N5O3S/c1-9-25(33-20-32-8)29(39)34-22-16-17-26(24(19-22)28(38)36-31(5,6)7)40-18-12-14-21-13-10-11-15-23(21)27(37)35-30(2,3)4/h8-9,13,16-17,19-20,23H,10-12,14-15,18H2,1-7H3,(H2-,34,35,36,37,38,39)/p+1/b25-9-,33-20?. The Morgan fingerprint density at radius 1 is 1.12 bits per heavy atom. The molecule has 0 spiro atoms. The van der Waals surface area contributed by atoms with Crippen molar-refractivity contribution in [3.63, 3.8) is 0 Å². The highest BCUT2D eigenvalue weighted by atomic mass is 32.2. The lowest BCUT2D eigenvalue weighted by Crippen LogP contribution is -2.44. The summed E-state index contributed by atoms with van der Waals surface area (Å²) in [5.41, 5.74) is 1.65. The normalized spacial score (nSPS) is 16.2. The predicted octanol–water partition coefficient (Wildman–Crippen LogP) is 6.56. The van der Waals surface area contributed by atoms with E-state index in [2.05, 4.69) is 31.9 Å². The third-order valence-electron chi connectivity index (χ3n) is 5.97. The van der Waals surface area contributed by atoms with Crippen LogP contribution in [0.25, 0.3) is 4.85 Å². The molecule has 1 unspecified atom stereocenters. The van der Waals surface area contributed by atoms with Crippen LogP contribution in [0, 0.1) is 12.5 Å². The quantitative estimate of drug-likeness (QED) is 0.0745. The largest absolute Gasteiger partial charge is 0.390 e. The molecule has 0 bridgehead atoms. The molecule has 40 heavy (non-hydrogen) atoms. The third-order valence-corrected chi connectivity index (χ3v) is 7.13. The number of thioether (sulfide) groups is 1. The number of nitrogens with zero attached hydrogens (tertiary/aromatic N) is 2. The summed E-state index contributed by atoms with van der Waals surface area (Å²) < 4.78 is 0. The lowest BCUT2D eigenvalue weighted by atomic mass is 9.84. The molecule has 9 heteroatoms. The van der Waals surface area contributed by atoms with Crippen molar-refractivity contribution in [3.05, 3.63) is 52.0 Å². The molecular weight excluding hydrogens is 522 g/mol. The molecular formula is C31H44N5O3S+. The number of hydrogen-bond donors (Lipinski definition) is 3. The topological polar surface area (TPSA) is 104 Å². The molecule has 3 amide bonds. The Morgan fingerprint density at radius 3 is 2.45 bits per heavy atom. The molecule has 1 aromatic rings. The Labute approximate surface area is 243 Å². The van der Waals surface area contributed by atoms with Gasteiger partial charge in [0.2, 0.25) is 11.6 Å². The summed E-state index contributed by atoms with van der Waals surface area (Å²) in [5, 5.41) is 8.94. The van der Waals surface area contributed by atoms with E-state index in [1.165, 1.54) is 5.57 Å². The molecule has 1 aliphatic carbocycles. The zero-order chi connectivity index (χ0) is 29.9. The number of anilines is 1. The molecule has 1 atom stereocenters. The monoisotopic (exact) mass is 566 g/mol. The van der Waals surface area contributed by atoms with Gasteiger partial charge < -0.3 is 16.0 Å². The number of allylic oxidation sites excluding steroid dienone is 2. The molecule has 1 aliphatic rings. The molecule has 0 saturated heterocycles. The van der Waals surface area contributed by atoms with E-state index in [4.69, 9.17) is 6.57 Å². The first kappa shape index (κ1) is 32.8. The SMILES string of the molecule is C#[N+]C=N/C(=C\C)C(=O)Nc1ccc(SCCCC2=CCCCC2C(=O)NC(C)(C)C)c(C(=O)NC(C)(C)C)c1. The Hall–Kier alpha value is -3.38. The number of benzene rings is 1. The number of amides is 3. The maximum atomic E-state index is 13.2. The fraction of sp³-hybridized carbons (Fsp3) is 0.516. The molecule has 0 saturated carbocycles. The zero-order valence-electron chi connectivity index (χ0n) is 24.9. The minimum Gasteiger partial charge on any atom is -0.351 e. The van der Waals surface area contributed by atoms with Crippen molar-refractivity contribution in [2.24, 2.45) is 10.9 Å². The number of carbonyl (C=O) groups is 3. The summed E-state index contributed by atoms with van der Waals surface area (Å²) in [6, 6.07) is 5.31. The van der Waals surface area contributed by atoms with E-state index >= 15 is 0 Å². The first-order valence-electron chi connectivity index (χ1n) is 13.7. The van der Waals surface area contributed by atoms with Gasteiger partial charge in [-0.1, -0.05) is 11.6 Å². The molecule has 0 aromatic heterocycles. The van der Waals surface area contributed by atoms with E-state index in [1.54, 1.807) is 36.9 Å². The highest BCUT2D eigenvalue weighted by Crippen LogP contribution is 2.32. The molecule has 0 radical (unpaired) electrons. The third kappa shape index (κ3) is 11.0. The molecule has 3 N–H and O–H groups in total. The lowest BCUT2D eigenvalue weighted by Gasteiger charge is -2.28. The van der Waals surface area contributed by atoms with Crippen LogP contribution in [0.4, 0.5) is 5.69 Å². The minimum atomic E-state index is -0.434. The van der Waals surface area contributed by atoms with Gasteiger partial charge >= 0.3 is 6.34 Å². The van der Waals surface area contributed by atoms with Crippen LogP contribution in [-0.2, 0) is 9.59 Å². The summed E-state index contributed by atoms with van der Waals surface area (Å²) in [7, 11) is 0. The van der Waals surface area contributed by atoms with Crippen LogP contribution in [0.5, 0.6) is 0 Å². The van der Waals surface area contributed by atoms with Gasteiger partial charge in [-0.25, -0.2) is 0 Å². The Bertz CT molecular complexity index is 1210. The zero-order valence-corrected chi connectivity index (χ0v) is 25.7. The van der Waals surface area contributed by atoms with Crippen molar-refractivity contribution >= 4 is 41.5 Å². The van der Waals surface area contributed by atoms with Crippen LogP contribution in [0.3, 0.4) is 0 Å². The van der Waals surface area contributed by atoms with Crippen molar-refractivity contribution in [2.75, 3.05) is 11.1 Å². The average molecular weight is 567 g/mol. The van der Waals surface area contributed by atoms with Crippen molar-refractivity contribution in [1.29, 1.82) is 0 Å². The summed E-state index contributed by atoms with van der Waals surface area (Å²) in [6.07, 6.45) is 9.51. The number of carbonyl (C=O) groups excluding carboxylic acids is 3. The van der Waals surface area contributed by atoms with Crippen LogP contribution in [0.2, 0.25) is 0 Å². The molecule has 216 valence electrons. The molecule has 0 aliphatic heterocycles. The van der Waals surface area contributed by atoms with Gasteiger partial charge in [0, 0.05) is 21.7 Å². The summed E-state index contributed by atoms with van der Waals surface area (Å²) in [6.45, 7) is 18.6. The minimum absolute atomic E-state index is 0.0704.